The molecule has 0 saturated carbocycles. The van der Waals surface area contributed by atoms with E-state index in [4.69, 9.17) is 5.73 Å². The van der Waals surface area contributed by atoms with E-state index in [-0.39, 0.29) is 30.4 Å². The van der Waals surface area contributed by atoms with Gasteiger partial charge in [-0.15, -0.1) is 12.4 Å². The first-order chi connectivity index (χ1) is 3.70. The number of carbonyl (C=O) groups excluding carboxylic acids is 1. The molecule has 3 nitrogen and oxygen atoms in total. The molecule has 9 heavy (non-hydrogen) atoms. The van der Waals surface area contributed by atoms with Crippen molar-refractivity contribution < 1.29 is 4.79 Å². The largest absolute Gasteiger partial charge is 0.352 e. The third kappa shape index (κ3) is 1.84. The first-order valence-corrected chi connectivity index (χ1v) is 2.76. The van der Waals surface area contributed by atoms with Gasteiger partial charge >= 0.3 is 0 Å². The molecule has 0 aromatic carbocycles. The average Bonchev–Trinajstić information content (AvgIpc) is 1.85. The molecule has 1 unspecified atom stereocenters. The summed E-state index contributed by atoms with van der Waals surface area (Å²) in [7, 11) is 0. The maximum Gasteiger partial charge on any atom is 0.237 e. The molecule has 54 valence electrons. The molecule has 2 atom stereocenters. The highest BCUT2D eigenvalue weighted by atomic mass is 35.5. The van der Waals surface area contributed by atoms with Crippen molar-refractivity contribution in [3.8, 4) is 0 Å². The standard InChI is InChI=1S/C5H10N2O.ClH/c1-3-2-4(6)5(8)7-3;/h3-4H,2,6H2,1H3,(H,7,8);1H/t3?,4-;/m0./s1. The van der Waals surface area contributed by atoms with E-state index >= 15 is 0 Å². The van der Waals surface area contributed by atoms with Crippen molar-refractivity contribution in [2.24, 2.45) is 5.73 Å². The normalized spacial score (nSPS) is 33.3. The van der Waals surface area contributed by atoms with Gasteiger partial charge in [-0.1, -0.05) is 0 Å². The molecule has 1 saturated heterocycles. The van der Waals surface area contributed by atoms with Gasteiger partial charge in [-0.25, -0.2) is 0 Å². The van der Waals surface area contributed by atoms with E-state index in [0.29, 0.717) is 0 Å². The van der Waals surface area contributed by atoms with Crippen LogP contribution in [0.15, 0.2) is 0 Å². The van der Waals surface area contributed by atoms with E-state index in [9.17, 15) is 4.79 Å². The van der Waals surface area contributed by atoms with Crippen molar-refractivity contribution in [1.82, 2.24) is 5.32 Å². The summed E-state index contributed by atoms with van der Waals surface area (Å²) in [5, 5.41) is 2.70. The van der Waals surface area contributed by atoms with E-state index in [1.165, 1.54) is 0 Å². The van der Waals surface area contributed by atoms with E-state index in [2.05, 4.69) is 5.32 Å². The van der Waals surface area contributed by atoms with Gasteiger partial charge < -0.3 is 11.1 Å². The maximum absolute atomic E-state index is 10.5. The monoisotopic (exact) mass is 150 g/mol. The minimum absolute atomic E-state index is 0. The van der Waals surface area contributed by atoms with E-state index in [0.717, 1.165) is 6.42 Å². The summed E-state index contributed by atoms with van der Waals surface area (Å²) in [6.45, 7) is 1.95. The third-order valence-electron chi connectivity index (χ3n) is 1.33. The van der Waals surface area contributed by atoms with Crippen LogP contribution in [0.4, 0.5) is 0 Å². The fraction of sp³-hybridized carbons (Fsp3) is 0.800. The van der Waals surface area contributed by atoms with Crippen LogP contribution in [0.1, 0.15) is 13.3 Å². The molecule has 0 aromatic rings. The summed E-state index contributed by atoms with van der Waals surface area (Å²) in [5.74, 6) is -0.0162. The Morgan fingerprint density at radius 2 is 2.33 bits per heavy atom. The summed E-state index contributed by atoms with van der Waals surface area (Å²) in [6, 6.07) is 0.0162. The zero-order valence-corrected chi connectivity index (χ0v) is 6.07. The van der Waals surface area contributed by atoms with Crippen LogP contribution in [-0.2, 0) is 4.79 Å². The molecule has 3 N–H and O–H groups in total. The van der Waals surface area contributed by atoms with Crippen molar-refractivity contribution in [2.75, 3.05) is 0 Å². The molecule has 1 heterocycles. The Kier molecular flexibility index (Phi) is 2.94. The summed E-state index contributed by atoms with van der Waals surface area (Å²) in [5.41, 5.74) is 5.36. The number of nitrogens with two attached hydrogens (primary N) is 1. The van der Waals surface area contributed by atoms with Crippen molar-refractivity contribution in [3.05, 3.63) is 0 Å². The topological polar surface area (TPSA) is 55.1 Å². The van der Waals surface area contributed by atoms with Crippen molar-refractivity contribution in [3.63, 3.8) is 0 Å². The zero-order valence-electron chi connectivity index (χ0n) is 5.26. The molecule has 0 spiro atoms. The molecule has 1 rings (SSSR count). The molecule has 1 aliphatic heterocycles. The predicted octanol–water partition coefficient (Wildman–Crippen LogP) is -0.356. The highest BCUT2D eigenvalue weighted by Gasteiger charge is 2.24. The number of nitrogens with one attached hydrogen (secondary N) is 1. The summed E-state index contributed by atoms with van der Waals surface area (Å²) < 4.78 is 0. The molecular formula is C5H11ClN2O. The molecule has 4 heteroatoms. The number of hydrogen-bond donors (Lipinski definition) is 2. The van der Waals surface area contributed by atoms with Gasteiger partial charge in [0.2, 0.25) is 5.91 Å². The molecule has 1 aliphatic rings. The van der Waals surface area contributed by atoms with Crippen LogP contribution in [0.25, 0.3) is 0 Å². The lowest BCUT2D eigenvalue weighted by Crippen LogP contribution is -2.30. The minimum Gasteiger partial charge on any atom is -0.352 e. The second kappa shape index (κ2) is 3.03. The van der Waals surface area contributed by atoms with Crippen LogP contribution in [0, 0.1) is 0 Å². The Bertz CT molecular complexity index is 118. The van der Waals surface area contributed by atoms with Gasteiger partial charge in [-0.3, -0.25) is 4.79 Å². The number of carbonyl (C=O) groups is 1. The average molecular weight is 151 g/mol. The number of amides is 1. The Labute approximate surface area is 60.4 Å². The van der Waals surface area contributed by atoms with E-state index in [1.54, 1.807) is 0 Å². The lowest BCUT2D eigenvalue weighted by Gasteiger charge is -1.95. The maximum atomic E-state index is 10.5. The highest BCUT2D eigenvalue weighted by Crippen LogP contribution is 2.03. The fourth-order valence-corrected chi connectivity index (χ4v) is 0.897. The Balaban J connectivity index is 0.000000640. The van der Waals surface area contributed by atoms with Gasteiger partial charge in [0.05, 0.1) is 6.04 Å². The van der Waals surface area contributed by atoms with Crippen LogP contribution < -0.4 is 11.1 Å². The van der Waals surface area contributed by atoms with Crippen molar-refractivity contribution >= 4 is 18.3 Å². The van der Waals surface area contributed by atoms with Gasteiger partial charge in [0.25, 0.3) is 0 Å². The zero-order chi connectivity index (χ0) is 6.15. The third-order valence-corrected chi connectivity index (χ3v) is 1.33. The minimum atomic E-state index is -0.259. The summed E-state index contributed by atoms with van der Waals surface area (Å²) in [4.78, 5) is 10.5. The molecule has 0 bridgehead atoms. The lowest BCUT2D eigenvalue weighted by molar-refractivity contribution is -0.120. The number of rotatable bonds is 0. The highest BCUT2D eigenvalue weighted by molar-refractivity contribution is 5.85. The van der Waals surface area contributed by atoms with Gasteiger partial charge in [-0.2, -0.15) is 0 Å². The second-order valence-electron chi connectivity index (χ2n) is 2.25. The summed E-state index contributed by atoms with van der Waals surface area (Å²) in [6.07, 6.45) is 0.777. The second-order valence-corrected chi connectivity index (χ2v) is 2.25. The van der Waals surface area contributed by atoms with Gasteiger partial charge in [0.15, 0.2) is 0 Å². The predicted molar refractivity (Wildman–Crippen MR) is 37.4 cm³/mol. The number of halogens is 1. The van der Waals surface area contributed by atoms with Crippen molar-refractivity contribution in [2.45, 2.75) is 25.4 Å². The van der Waals surface area contributed by atoms with Crippen molar-refractivity contribution in [1.29, 1.82) is 0 Å². The smallest absolute Gasteiger partial charge is 0.237 e. The molecule has 1 fully saturated rings. The van der Waals surface area contributed by atoms with E-state index in [1.807, 2.05) is 6.92 Å². The van der Waals surface area contributed by atoms with E-state index < -0.39 is 0 Å². The van der Waals surface area contributed by atoms with Crippen LogP contribution in [0.5, 0.6) is 0 Å². The first kappa shape index (κ1) is 8.72. The van der Waals surface area contributed by atoms with Crippen LogP contribution in [-0.4, -0.2) is 18.0 Å². The lowest BCUT2D eigenvalue weighted by atomic mass is 10.2. The Hall–Kier alpha value is -0.280. The van der Waals surface area contributed by atoms with Crippen LogP contribution >= 0.6 is 12.4 Å². The van der Waals surface area contributed by atoms with Gasteiger partial charge in [-0.05, 0) is 13.3 Å². The SMILES string of the molecule is CC1C[C@H](N)C(=O)N1.Cl. The number of hydrogen-bond acceptors (Lipinski definition) is 2. The molecular weight excluding hydrogens is 140 g/mol. The van der Waals surface area contributed by atoms with Gasteiger partial charge in [0, 0.05) is 6.04 Å². The van der Waals surface area contributed by atoms with Crippen LogP contribution in [0.3, 0.4) is 0 Å². The summed E-state index contributed by atoms with van der Waals surface area (Å²) >= 11 is 0. The van der Waals surface area contributed by atoms with Crippen LogP contribution in [0.2, 0.25) is 0 Å². The Morgan fingerprint density at radius 3 is 2.44 bits per heavy atom. The van der Waals surface area contributed by atoms with Gasteiger partial charge in [0.1, 0.15) is 0 Å². The molecule has 0 aromatic heterocycles. The Morgan fingerprint density at radius 1 is 1.78 bits per heavy atom. The molecule has 0 aliphatic carbocycles. The first-order valence-electron chi connectivity index (χ1n) is 2.76. The molecule has 0 radical (unpaired) electrons. The fourth-order valence-electron chi connectivity index (χ4n) is 0.897. The quantitative estimate of drug-likeness (QED) is 0.496. The molecule has 1 amide bonds.